The van der Waals surface area contributed by atoms with Crippen molar-refractivity contribution in [3.63, 3.8) is 0 Å². The molecule has 0 fully saturated rings. The van der Waals surface area contributed by atoms with Gasteiger partial charge in [-0.25, -0.2) is 20.0 Å². The fourth-order valence-electron chi connectivity index (χ4n) is 2.20. The van der Waals surface area contributed by atoms with Crippen LogP contribution in [-0.4, -0.2) is 30.4 Å². The summed E-state index contributed by atoms with van der Waals surface area (Å²) in [5.74, 6) is 0. The van der Waals surface area contributed by atoms with Gasteiger partial charge < -0.3 is 9.47 Å². The SMILES string of the molecule is CCCC(c1ccc(C#N)cc1)N(NC(=O)OCC)C(=O)OCC. The van der Waals surface area contributed by atoms with E-state index in [0.29, 0.717) is 12.0 Å². The number of nitrogens with one attached hydrogen (secondary N) is 1. The van der Waals surface area contributed by atoms with E-state index in [2.05, 4.69) is 11.5 Å². The van der Waals surface area contributed by atoms with Gasteiger partial charge in [0, 0.05) is 0 Å². The van der Waals surface area contributed by atoms with Crippen molar-refractivity contribution in [2.24, 2.45) is 0 Å². The molecule has 1 rings (SSSR count). The van der Waals surface area contributed by atoms with Gasteiger partial charge in [-0.2, -0.15) is 5.26 Å². The third-order valence-corrected chi connectivity index (χ3v) is 3.25. The molecule has 0 heterocycles. The van der Waals surface area contributed by atoms with E-state index in [-0.39, 0.29) is 13.2 Å². The van der Waals surface area contributed by atoms with E-state index in [9.17, 15) is 9.59 Å². The Morgan fingerprint density at radius 2 is 1.79 bits per heavy atom. The number of amides is 2. The van der Waals surface area contributed by atoms with Gasteiger partial charge in [-0.05, 0) is 38.0 Å². The molecule has 2 amide bonds. The van der Waals surface area contributed by atoms with Crippen LogP contribution in [0.25, 0.3) is 0 Å². The minimum Gasteiger partial charge on any atom is -0.449 e. The van der Waals surface area contributed by atoms with Crippen molar-refractivity contribution >= 4 is 12.2 Å². The first-order valence-corrected chi connectivity index (χ1v) is 7.96. The predicted octanol–water partition coefficient (Wildman–Crippen LogP) is 3.52. The van der Waals surface area contributed by atoms with Gasteiger partial charge in [-0.1, -0.05) is 25.5 Å². The number of hydrogen-bond donors (Lipinski definition) is 1. The quantitative estimate of drug-likeness (QED) is 0.804. The average Bonchev–Trinajstić information content (AvgIpc) is 2.58. The number of hydrogen-bond acceptors (Lipinski definition) is 5. The summed E-state index contributed by atoms with van der Waals surface area (Å²) in [7, 11) is 0. The zero-order valence-electron chi connectivity index (χ0n) is 14.2. The van der Waals surface area contributed by atoms with Gasteiger partial charge in [-0.15, -0.1) is 0 Å². The van der Waals surface area contributed by atoms with Crippen LogP contribution >= 0.6 is 0 Å². The van der Waals surface area contributed by atoms with Crippen LogP contribution in [0.2, 0.25) is 0 Å². The van der Waals surface area contributed by atoms with Crippen molar-refractivity contribution in [3.8, 4) is 6.07 Å². The first-order valence-electron chi connectivity index (χ1n) is 7.96. The van der Waals surface area contributed by atoms with Crippen LogP contribution in [0.5, 0.6) is 0 Å². The topological polar surface area (TPSA) is 91.7 Å². The van der Waals surface area contributed by atoms with Crippen molar-refractivity contribution < 1.29 is 19.1 Å². The van der Waals surface area contributed by atoms with Crippen molar-refractivity contribution in [1.29, 1.82) is 5.26 Å². The molecule has 1 aromatic rings. The summed E-state index contributed by atoms with van der Waals surface area (Å²) in [4.78, 5) is 24.1. The van der Waals surface area contributed by atoms with E-state index < -0.39 is 18.2 Å². The Kier molecular flexibility index (Phi) is 8.13. The van der Waals surface area contributed by atoms with E-state index in [1.165, 1.54) is 0 Å². The first kappa shape index (κ1) is 19.3. The Morgan fingerprint density at radius 1 is 1.17 bits per heavy atom. The molecule has 0 aliphatic rings. The molecular weight excluding hydrogens is 310 g/mol. The maximum Gasteiger partial charge on any atom is 0.429 e. The highest BCUT2D eigenvalue weighted by Crippen LogP contribution is 2.25. The number of nitriles is 1. The van der Waals surface area contributed by atoms with Gasteiger partial charge in [-0.3, -0.25) is 0 Å². The lowest BCUT2D eigenvalue weighted by atomic mass is 10.0. The highest BCUT2D eigenvalue weighted by Gasteiger charge is 2.28. The van der Waals surface area contributed by atoms with E-state index >= 15 is 0 Å². The normalized spacial score (nSPS) is 11.1. The lowest BCUT2D eigenvalue weighted by molar-refractivity contribution is 0.0525. The summed E-state index contributed by atoms with van der Waals surface area (Å²) < 4.78 is 9.90. The van der Waals surface area contributed by atoms with Gasteiger partial charge >= 0.3 is 12.2 Å². The molecular formula is C17H23N3O4. The van der Waals surface area contributed by atoms with Gasteiger partial charge in [0.15, 0.2) is 0 Å². The lowest BCUT2D eigenvalue weighted by Gasteiger charge is -2.30. The van der Waals surface area contributed by atoms with E-state index in [0.717, 1.165) is 17.0 Å². The summed E-state index contributed by atoms with van der Waals surface area (Å²) in [5.41, 5.74) is 3.76. The van der Waals surface area contributed by atoms with Crippen LogP contribution in [0, 0.1) is 11.3 Å². The molecule has 0 spiro atoms. The van der Waals surface area contributed by atoms with Crippen LogP contribution in [0.15, 0.2) is 24.3 Å². The molecule has 7 nitrogen and oxygen atoms in total. The standard InChI is InChI=1S/C17H23N3O4/c1-4-7-15(14-10-8-13(12-18)9-11-14)20(17(22)24-6-3)19-16(21)23-5-2/h8-11,15H,4-7H2,1-3H3,(H,19,21). The van der Waals surface area contributed by atoms with Gasteiger partial charge in [0.25, 0.3) is 0 Å². The molecule has 1 aromatic carbocycles. The minimum absolute atomic E-state index is 0.187. The van der Waals surface area contributed by atoms with E-state index in [1.807, 2.05) is 6.92 Å². The maximum atomic E-state index is 12.3. The summed E-state index contributed by atoms with van der Waals surface area (Å²) in [6.07, 6.45) is 0.0102. The molecule has 0 aliphatic carbocycles. The lowest BCUT2D eigenvalue weighted by Crippen LogP contribution is -2.48. The minimum atomic E-state index is -0.722. The monoisotopic (exact) mass is 333 g/mol. The third kappa shape index (κ3) is 5.47. The number of rotatable bonds is 6. The molecule has 0 radical (unpaired) electrons. The summed E-state index contributed by atoms with van der Waals surface area (Å²) in [6, 6.07) is 8.49. The summed E-state index contributed by atoms with van der Waals surface area (Å²) in [6.45, 7) is 5.73. The molecule has 7 heteroatoms. The van der Waals surface area contributed by atoms with Crippen LogP contribution in [0.3, 0.4) is 0 Å². The molecule has 24 heavy (non-hydrogen) atoms. The van der Waals surface area contributed by atoms with Crippen LogP contribution < -0.4 is 5.43 Å². The fourth-order valence-corrected chi connectivity index (χ4v) is 2.20. The predicted molar refractivity (Wildman–Crippen MR) is 87.8 cm³/mol. The number of nitrogens with zero attached hydrogens (tertiary/aromatic N) is 2. The van der Waals surface area contributed by atoms with Crippen molar-refractivity contribution in [1.82, 2.24) is 10.4 Å². The number of carbonyl (C=O) groups excluding carboxylic acids is 2. The Balaban J connectivity index is 3.11. The Morgan fingerprint density at radius 3 is 2.29 bits per heavy atom. The molecule has 0 aliphatic heterocycles. The summed E-state index contributed by atoms with van der Waals surface area (Å²) >= 11 is 0. The molecule has 1 unspecified atom stereocenters. The van der Waals surface area contributed by atoms with E-state index in [1.54, 1.807) is 38.1 Å². The average molecular weight is 333 g/mol. The molecule has 1 N–H and O–H groups in total. The number of benzene rings is 1. The van der Waals surface area contributed by atoms with Crippen LogP contribution in [-0.2, 0) is 9.47 Å². The highest BCUT2D eigenvalue weighted by molar-refractivity contribution is 5.74. The first-order chi connectivity index (χ1) is 11.6. The molecule has 0 aromatic heterocycles. The second-order valence-electron chi connectivity index (χ2n) is 4.94. The zero-order chi connectivity index (χ0) is 17.9. The summed E-state index contributed by atoms with van der Waals surface area (Å²) in [5, 5.41) is 10.1. The second kappa shape index (κ2) is 10.1. The number of ether oxygens (including phenoxy) is 2. The van der Waals surface area contributed by atoms with Crippen molar-refractivity contribution in [3.05, 3.63) is 35.4 Å². The van der Waals surface area contributed by atoms with Gasteiger partial charge in [0.05, 0.1) is 30.9 Å². The molecule has 1 atom stereocenters. The second-order valence-corrected chi connectivity index (χ2v) is 4.94. The van der Waals surface area contributed by atoms with Crippen molar-refractivity contribution in [2.75, 3.05) is 13.2 Å². The third-order valence-electron chi connectivity index (χ3n) is 3.25. The highest BCUT2D eigenvalue weighted by atomic mass is 16.6. The Labute approximate surface area is 142 Å². The number of carbonyl (C=O) groups is 2. The fraction of sp³-hybridized carbons (Fsp3) is 0.471. The van der Waals surface area contributed by atoms with E-state index in [4.69, 9.17) is 14.7 Å². The van der Waals surface area contributed by atoms with Gasteiger partial charge in [0.1, 0.15) is 0 Å². The largest absolute Gasteiger partial charge is 0.449 e. The zero-order valence-corrected chi connectivity index (χ0v) is 14.2. The molecule has 0 bridgehead atoms. The molecule has 130 valence electrons. The Bertz CT molecular complexity index is 580. The van der Waals surface area contributed by atoms with Crippen LogP contribution in [0.1, 0.15) is 50.8 Å². The van der Waals surface area contributed by atoms with Crippen LogP contribution in [0.4, 0.5) is 9.59 Å². The Hall–Kier alpha value is -2.75. The molecule has 0 saturated heterocycles. The smallest absolute Gasteiger partial charge is 0.429 e. The molecule has 0 saturated carbocycles. The van der Waals surface area contributed by atoms with Crippen molar-refractivity contribution in [2.45, 2.75) is 39.7 Å². The maximum absolute atomic E-state index is 12.3. The van der Waals surface area contributed by atoms with Gasteiger partial charge in [0.2, 0.25) is 0 Å². The number of hydrazine groups is 1.